The minimum atomic E-state index is -0.128. The fourth-order valence-corrected chi connectivity index (χ4v) is 1.63. The Morgan fingerprint density at radius 1 is 1.60 bits per heavy atom. The topological polar surface area (TPSA) is 54.9 Å². The number of hydrogen-bond acceptors (Lipinski definition) is 3. The predicted octanol–water partition coefficient (Wildman–Crippen LogP) is 1.39. The Hall–Kier alpha value is -1.45. The number of carbonyl (C=O) groups excluding carboxylic acids is 1. The fourth-order valence-electron chi connectivity index (χ4n) is 1.63. The highest BCUT2D eigenvalue weighted by Gasteiger charge is 2.24. The smallest absolute Gasteiger partial charge is 0.271 e. The largest absolute Gasteiger partial charge is 0.348 e. The lowest BCUT2D eigenvalue weighted by atomic mass is 10.1. The van der Waals surface area contributed by atoms with Gasteiger partial charge in [0.05, 0.1) is 6.20 Å². The molecule has 1 aromatic heterocycles. The SMILES string of the molecule is CC(CC1CC1)NC(=O)c1cnccn1. The van der Waals surface area contributed by atoms with Crippen molar-refractivity contribution in [1.29, 1.82) is 0 Å². The highest BCUT2D eigenvalue weighted by Crippen LogP contribution is 2.33. The van der Waals surface area contributed by atoms with Crippen LogP contribution in [-0.4, -0.2) is 21.9 Å². The summed E-state index contributed by atoms with van der Waals surface area (Å²) >= 11 is 0. The number of nitrogens with one attached hydrogen (secondary N) is 1. The van der Waals surface area contributed by atoms with E-state index in [1.807, 2.05) is 6.92 Å². The van der Waals surface area contributed by atoms with Gasteiger partial charge in [0.1, 0.15) is 5.69 Å². The summed E-state index contributed by atoms with van der Waals surface area (Å²) in [5.74, 6) is 0.693. The van der Waals surface area contributed by atoms with Crippen LogP contribution in [0, 0.1) is 5.92 Å². The molecule has 1 fully saturated rings. The molecule has 1 aliphatic rings. The molecule has 0 aliphatic heterocycles. The van der Waals surface area contributed by atoms with Crippen LogP contribution in [0.3, 0.4) is 0 Å². The number of carbonyl (C=O) groups is 1. The monoisotopic (exact) mass is 205 g/mol. The molecule has 1 unspecified atom stereocenters. The molecule has 1 N–H and O–H groups in total. The maximum Gasteiger partial charge on any atom is 0.271 e. The van der Waals surface area contributed by atoms with Crippen molar-refractivity contribution >= 4 is 5.91 Å². The van der Waals surface area contributed by atoms with Crippen LogP contribution >= 0.6 is 0 Å². The molecule has 1 aliphatic carbocycles. The van der Waals surface area contributed by atoms with Gasteiger partial charge < -0.3 is 5.32 Å². The lowest BCUT2D eigenvalue weighted by Crippen LogP contribution is -2.33. The van der Waals surface area contributed by atoms with Crippen molar-refractivity contribution in [2.75, 3.05) is 0 Å². The zero-order valence-electron chi connectivity index (χ0n) is 8.81. The first-order valence-corrected chi connectivity index (χ1v) is 5.32. The molecule has 4 heteroatoms. The van der Waals surface area contributed by atoms with E-state index in [-0.39, 0.29) is 11.9 Å². The van der Waals surface area contributed by atoms with Crippen molar-refractivity contribution in [2.24, 2.45) is 5.92 Å². The standard InChI is InChI=1S/C11H15N3O/c1-8(6-9-2-3-9)14-11(15)10-7-12-4-5-13-10/h4-5,7-9H,2-3,6H2,1H3,(H,14,15). The third-order valence-electron chi connectivity index (χ3n) is 2.56. The van der Waals surface area contributed by atoms with Gasteiger partial charge >= 0.3 is 0 Å². The normalized spacial score (nSPS) is 17.1. The van der Waals surface area contributed by atoms with Gasteiger partial charge in [-0.25, -0.2) is 4.98 Å². The minimum absolute atomic E-state index is 0.128. The van der Waals surface area contributed by atoms with Crippen LogP contribution in [0.25, 0.3) is 0 Å². The first kappa shape index (κ1) is 10.1. The molecule has 2 rings (SSSR count). The quantitative estimate of drug-likeness (QED) is 0.808. The molecule has 0 bridgehead atoms. The van der Waals surface area contributed by atoms with E-state index in [1.54, 1.807) is 6.20 Å². The Morgan fingerprint density at radius 3 is 3.00 bits per heavy atom. The summed E-state index contributed by atoms with van der Waals surface area (Å²) in [7, 11) is 0. The molecule has 0 spiro atoms. The first-order chi connectivity index (χ1) is 7.25. The van der Waals surface area contributed by atoms with Gasteiger partial charge in [0.25, 0.3) is 5.91 Å². The van der Waals surface area contributed by atoms with E-state index in [4.69, 9.17) is 0 Å². The molecule has 1 heterocycles. The number of nitrogens with zero attached hydrogens (tertiary/aromatic N) is 2. The lowest BCUT2D eigenvalue weighted by molar-refractivity contribution is 0.0932. The van der Waals surface area contributed by atoms with Crippen LogP contribution in [0.15, 0.2) is 18.6 Å². The Bertz CT molecular complexity index is 335. The molecular weight excluding hydrogens is 190 g/mol. The molecule has 80 valence electrons. The van der Waals surface area contributed by atoms with Gasteiger partial charge in [0.2, 0.25) is 0 Å². The zero-order chi connectivity index (χ0) is 10.7. The molecule has 0 radical (unpaired) electrons. The number of aromatic nitrogens is 2. The second-order valence-corrected chi connectivity index (χ2v) is 4.14. The van der Waals surface area contributed by atoms with Gasteiger partial charge in [0, 0.05) is 18.4 Å². The van der Waals surface area contributed by atoms with E-state index in [9.17, 15) is 4.79 Å². The lowest BCUT2D eigenvalue weighted by Gasteiger charge is -2.12. The van der Waals surface area contributed by atoms with E-state index < -0.39 is 0 Å². The number of amides is 1. The maximum atomic E-state index is 11.6. The second kappa shape index (κ2) is 4.38. The van der Waals surface area contributed by atoms with E-state index >= 15 is 0 Å². The van der Waals surface area contributed by atoms with Gasteiger partial charge in [-0.1, -0.05) is 12.8 Å². The van der Waals surface area contributed by atoms with Gasteiger partial charge in [-0.2, -0.15) is 0 Å². The van der Waals surface area contributed by atoms with Gasteiger partial charge in [-0.3, -0.25) is 9.78 Å². The second-order valence-electron chi connectivity index (χ2n) is 4.14. The predicted molar refractivity (Wildman–Crippen MR) is 56.3 cm³/mol. The van der Waals surface area contributed by atoms with Gasteiger partial charge in [-0.15, -0.1) is 0 Å². The fraction of sp³-hybridized carbons (Fsp3) is 0.545. The van der Waals surface area contributed by atoms with E-state index in [2.05, 4.69) is 15.3 Å². The van der Waals surface area contributed by atoms with Crippen molar-refractivity contribution in [3.8, 4) is 0 Å². The van der Waals surface area contributed by atoms with Crippen LogP contribution in [0.5, 0.6) is 0 Å². The average molecular weight is 205 g/mol. The third-order valence-corrected chi connectivity index (χ3v) is 2.56. The number of rotatable bonds is 4. The number of hydrogen-bond donors (Lipinski definition) is 1. The summed E-state index contributed by atoms with van der Waals surface area (Å²) in [6, 6.07) is 0.229. The Morgan fingerprint density at radius 2 is 2.40 bits per heavy atom. The molecule has 0 aromatic carbocycles. The van der Waals surface area contributed by atoms with Crippen LogP contribution in [-0.2, 0) is 0 Å². The molecule has 0 saturated heterocycles. The Labute approximate surface area is 89.1 Å². The molecule has 4 nitrogen and oxygen atoms in total. The molecule has 15 heavy (non-hydrogen) atoms. The molecule has 1 aromatic rings. The summed E-state index contributed by atoms with van der Waals surface area (Å²) in [6.07, 6.45) is 8.27. The van der Waals surface area contributed by atoms with Crippen LogP contribution in [0.4, 0.5) is 0 Å². The van der Waals surface area contributed by atoms with Crippen molar-refractivity contribution < 1.29 is 4.79 Å². The van der Waals surface area contributed by atoms with E-state index in [1.165, 1.54) is 25.2 Å². The molecular formula is C11H15N3O. The van der Waals surface area contributed by atoms with Gasteiger partial charge in [0.15, 0.2) is 0 Å². The minimum Gasteiger partial charge on any atom is -0.348 e. The maximum absolute atomic E-state index is 11.6. The Kier molecular flexibility index (Phi) is 2.94. The summed E-state index contributed by atoms with van der Waals surface area (Å²) in [5.41, 5.74) is 0.389. The van der Waals surface area contributed by atoms with Crippen LogP contribution in [0.1, 0.15) is 36.7 Å². The molecule has 1 amide bonds. The van der Waals surface area contributed by atoms with Crippen molar-refractivity contribution in [3.63, 3.8) is 0 Å². The van der Waals surface area contributed by atoms with E-state index in [0.717, 1.165) is 12.3 Å². The Balaban J connectivity index is 1.85. The van der Waals surface area contributed by atoms with Crippen LogP contribution in [0.2, 0.25) is 0 Å². The average Bonchev–Trinajstić information content (AvgIpc) is 3.03. The van der Waals surface area contributed by atoms with Gasteiger partial charge in [-0.05, 0) is 19.3 Å². The summed E-state index contributed by atoms with van der Waals surface area (Å²) in [4.78, 5) is 19.5. The van der Waals surface area contributed by atoms with Crippen molar-refractivity contribution in [3.05, 3.63) is 24.3 Å². The molecule has 1 saturated carbocycles. The zero-order valence-corrected chi connectivity index (χ0v) is 8.81. The molecule has 1 atom stereocenters. The van der Waals surface area contributed by atoms with E-state index in [0.29, 0.717) is 5.69 Å². The third kappa shape index (κ3) is 3.01. The summed E-state index contributed by atoms with van der Waals surface area (Å²) in [5, 5.41) is 2.93. The summed E-state index contributed by atoms with van der Waals surface area (Å²) in [6.45, 7) is 2.03. The van der Waals surface area contributed by atoms with Crippen molar-refractivity contribution in [2.45, 2.75) is 32.2 Å². The highest BCUT2D eigenvalue weighted by atomic mass is 16.1. The van der Waals surface area contributed by atoms with Crippen LogP contribution < -0.4 is 5.32 Å². The van der Waals surface area contributed by atoms with Crippen molar-refractivity contribution in [1.82, 2.24) is 15.3 Å². The highest BCUT2D eigenvalue weighted by molar-refractivity contribution is 5.92. The first-order valence-electron chi connectivity index (χ1n) is 5.32. The summed E-state index contributed by atoms with van der Waals surface area (Å²) < 4.78 is 0.